The average Bonchev–Trinajstić information content (AvgIpc) is 2.52. The fraction of sp³-hybridized carbons (Fsp3) is 0.0588. The minimum atomic E-state index is -0.557. The molecule has 0 aromatic heterocycles. The van der Waals surface area contributed by atoms with Gasteiger partial charge in [0.15, 0.2) is 0 Å². The number of nitriles is 1. The summed E-state index contributed by atoms with van der Waals surface area (Å²) >= 11 is 9.06. The van der Waals surface area contributed by atoms with Crippen molar-refractivity contribution in [3.63, 3.8) is 0 Å². The van der Waals surface area contributed by atoms with E-state index in [0.29, 0.717) is 21.8 Å². The smallest absolute Gasteiger partial charge is 0.266 e. The molecule has 0 saturated heterocycles. The average molecular weight is 394 g/mol. The summed E-state index contributed by atoms with van der Waals surface area (Å²) in [5.41, 5.74) is 1.68. The minimum absolute atomic E-state index is 0.0946. The van der Waals surface area contributed by atoms with Crippen LogP contribution in [0.3, 0.4) is 0 Å². The van der Waals surface area contributed by atoms with Gasteiger partial charge in [0.1, 0.15) is 17.5 Å². The Morgan fingerprint density at radius 2 is 2.13 bits per heavy atom. The summed E-state index contributed by atoms with van der Waals surface area (Å²) < 4.78 is 13.5. The molecular weight excluding hydrogens is 383 g/mol. The molecule has 6 heteroatoms. The van der Waals surface area contributed by atoms with Crippen LogP contribution < -0.4 is 5.32 Å². The summed E-state index contributed by atoms with van der Waals surface area (Å²) in [6, 6.07) is 11.2. The van der Waals surface area contributed by atoms with Crippen molar-refractivity contribution in [2.75, 3.05) is 5.32 Å². The molecule has 0 saturated carbocycles. The van der Waals surface area contributed by atoms with Gasteiger partial charge in [0.2, 0.25) is 0 Å². The number of hydrogen-bond donors (Lipinski definition) is 1. The Bertz CT molecular complexity index is 843. The van der Waals surface area contributed by atoms with Crippen LogP contribution in [0.2, 0.25) is 5.02 Å². The van der Waals surface area contributed by atoms with Crippen LogP contribution in [0.1, 0.15) is 11.1 Å². The molecule has 0 radical (unpaired) electrons. The van der Waals surface area contributed by atoms with Gasteiger partial charge in [0.25, 0.3) is 5.91 Å². The molecule has 0 aliphatic carbocycles. The zero-order valence-corrected chi connectivity index (χ0v) is 14.4. The minimum Gasteiger partial charge on any atom is -0.321 e. The third-order valence-corrected chi connectivity index (χ3v) is 4.15. The molecule has 0 bridgehead atoms. The van der Waals surface area contributed by atoms with Gasteiger partial charge in [-0.05, 0) is 64.3 Å². The van der Waals surface area contributed by atoms with Gasteiger partial charge in [-0.3, -0.25) is 4.79 Å². The van der Waals surface area contributed by atoms with Crippen molar-refractivity contribution in [1.82, 2.24) is 0 Å². The van der Waals surface area contributed by atoms with Gasteiger partial charge in [0.05, 0.1) is 4.47 Å². The van der Waals surface area contributed by atoms with Crippen molar-refractivity contribution in [2.45, 2.75) is 6.92 Å². The van der Waals surface area contributed by atoms with Gasteiger partial charge in [-0.25, -0.2) is 4.39 Å². The van der Waals surface area contributed by atoms with Crippen molar-refractivity contribution in [3.8, 4) is 6.07 Å². The summed E-state index contributed by atoms with van der Waals surface area (Å²) in [5, 5.41) is 12.4. The lowest BCUT2D eigenvalue weighted by molar-refractivity contribution is -0.112. The molecule has 0 fully saturated rings. The van der Waals surface area contributed by atoms with Crippen LogP contribution in [0.15, 0.2) is 46.4 Å². The van der Waals surface area contributed by atoms with Gasteiger partial charge in [-0.2, -0.15) is 5.26 Å². The number of benzene rings is 2. The first kappa shape index (κ1) is 17.2. The molecular formula is C17H11BrClFN2O. The van der Waals surface area contributed by atoms with Gasteiger partial charge in [-0.15, -0.1) is 0 Å². The van der Waals surface area contributed by atoms with Crippen LogP contribution in [-0.2, 0) is 4.79 Å². The summed E-state index contributed by atoms with van der Waals surface area (Å²) in [6.07, 6.45) is 1.39. The standard InChI is InChI=1S/C17H11BrClFN2O/c1-10-14(19)3-2-4-16(10)22-17(23)12(9-21)7-11-5-6-15(20)13(18)8-11/h2-8H,1H3,(H,22,23)/b12-7-. The number of rotatable bonds is 3. The third kappa shape index (κ3) is 4.19. The Labute approximate surface area is 146 Å². The molecule has 0 aliphatic rings. The second-order valence-electron chi connectivity index (χ2n) is 4.71. The fourth-order valence-corrected chi connectivity index (χ4v) is 2.42. The van der Waals surface area contributed by atoms with E-state index in [1.807, 2.05) is 6.07 Å². The highest BCUT2D eigenvalue weighted by atomic mass is 79.9. The Morgan fingerprint density at radius 3 is 2.78 bits per heavy atom. The quantitative estimate of drug-likeness (QED) is 0.583. The normalized spacial score (nSPS) is 11.0. The topological polar surface area (TPSA) is 52.9 Å². The van der Waals surface area contributed by atoms with Crippen LogP contribution in [0.25, 0.3) is 6.08 Å². The molecule has 0 atom stereocenters. The zero-order valence-electron chi connectivity index (χ0n) is 12.0. The van der Waals surface area contributed by atoms with E-state index in [9.17, 15) is 14.4 Å². The van der Waals surface area contributed by atoms with Crippen molar-refractivity contribution < 1.29 is 9.18 Å². The van der Waals surface area contributed by atoms with E-state index in [2.05, 4.69) is 21.2 Å². The molecule has 23 heavy (non-hydrogen) atoms. The number of halogens is 3. The maximum atomic E-state index is 13.2. The number of nitrogens with zero attached hydrogens (tertiary/aromatic N) is 1. The maximum absolute atomic E-state index is 13.2. The first-order chi connectivity index (χ1) is 10.9. The first-order valence-corrected chi connectivity index (χ1v) is 7.73. The summed E-state index contributed by atoms with van der Waals surface area (Å²) in [7, 11) is 0. The second kappa shape index (κ2) is 7.40. The number of amides is 1. The lowest BCUT2D eigenvalue weighted by Crippen LogP contribution is -2.14. The predicted octanol–water partition coefficient (Wildman–Crippen LogP) is 5.10. The highest BCUT2D eigenvalue weighted by molar-refractivity contribution is 9.10. The van der Waals surface area contributed by atoms with E-state index in [4.69, 9.17) is 11.6 Å². The molecule has 0 aliphatic heterocycles. The summed E-state index contributed by atoms with van der Waals surface area (Å²) in [6.45, 7) is 1.77. The maximum Gasteiger partial charge on any atom is 0.266 e. The number of anilines is 1. The summed E-state index contributed by atoms with van der Waals surface area (Å²) in [5.74, 6) is -0.974. The first-order valence-electron chi connectivity index (χ1n) is 6.55. The van der Waals surface area contributed by atoms with Crippen molar-refractivity contribution in [3.05, 3.63) is 68.4 Å². The molecule has 2 aromatic rings. The van der Waals surface area contributed by atoms with E-state index in [1.54, 1.807) is 25.1 Å². The lowest BCUT2D eigenvalue weighted by Gasteiger charge is -2.09. The lowest BCUT2D eigenvalue weighted by atomic mass is 10.1. The number of carbonyl (C=O) groups excluding carboxylic acids is 1. The predicted molar refractivity (Wildman–Crippen MR) is 92.5 cm³/mol. The molecule has 1 amide bonds. The van der Waals surface area contributed by atoms with Gasteiger partial charge >= 0.3 is 0 Å². The van der Waals surface area contributed by atoms with Crippen molar-refractivity contribution in [1.29, 1.82) is 5.26 Å². The monoisotopic (exact) mass is 392 g/mol. The van der Waals surface area contributed by atoms with E-state index in [0.717, 1.165) is 0 Å². The fourth-order valence-electron chi connectivity index (χ4n) is 1.85. The van der Waals surface area contributed by atoms with Gasteiger partial charge in [0, 0.05) is 10.7 Å². The molecule has 116 valence electrons. The number of carbonyl (C=O) groups is 1. The van der Waals surface area contributed by atoms with E-state index < -0.39 is 11.7 Å². The van der Waals surface area contributed by atoms with Crippen LogP contribution in [0, 0.1) is 24.1 Å². The highest BCUT2D eigenvalue weighted by Crippen LogP contribution is 2.24. The molecule has 0 spiro atoms. The van der Waals surface area contributed by atoms with Crippen LogP contribution in [0.4, 0.5) is 10.1 Å². The highest BCUT2D eigenvalue weighted by Gasteiger charge is 2.12. The molecule has 2 aromatic carbocycles. The van der Waals surface area contributed by atoms with Crippen molar-refractivity contribution in [2.24, 2.45) is 0 Å². The van der Waals surface area contributed by atoms with E-state index >= 15 is 0 Å². The molecule has 0 heterocycles. The van der Waals surface area contributed by atoms with Gasteiger partial charge < -0.3 is 5.32 Å². The Hall–Kier alpha value is -2.16. The number of hydrogen-bond acceptors (Lipinski definition) is 2. The van der Waals surface area contributed by atoms with E-state index in [-0.39, 0.29) is 10.0 Å². The molecule has 2 rings (SSSR count). The largest absolute Gasteiger partial charge is 0.321 e. The van der Waals surface area contributed by atoms with Gasteiger partial charge in [-0.1, -0.05) is 23.7 Å². The zero-order chi connectivity index (χ0) is 17.0. The second-order valence-corrected chi connectivity index (χ2v) is 5.97. The molecule has 0 unspecified atom stereocenters. The molecule has 3 nitrogen and oxygen atoms in total. The van der Waals surface area contributed by atoms with Crippen LogP contribution in [-0.4, -0.2) is 5.91 Å². The molecule has 1 N–H and O–H groups in total. The Balaban J connectivity index is 2.28. The number of nitrogens with one attached hydrogen (secondary N) is 1. The van der Waals surface area contributed by atoms with E-state index in [1.165, 1.54) is 24.3 Å². The SMILES string of the molecule is Cc1c(Cl)cccc1NC(=O)/C(C#N)=C\c1ccc(F)c(Br)c1. The third-order valence-electron chi connectivity index (χ3n) is 3.14. The summed E-state index contributed by atoms with van der Waals surface area (Å²) in [4.78, 5) is 12.2. The van der Waals surface area contributed by atoms with Crippen molar-refractivity contribution >= 4 is 45.2 Å². The Kier molecular flexibility index (Phi) is 5.54. The van der Waals surface area contributed by atoms with Crippen LogP contribution in [0.5, 0.6) is 0 Å². The van der Waals surface area contributed by atoms with Crippen LogP contribution >= 0.6 is 27.5 Å². The Morgan fingerprint density at radius 1 is 1.39 bits per heavy atom.